The fraction of sp³-hybridized carbons (Fsp3) is 0.643. The fourth-order valence-electron chi connectivity index (χ4n) is 2.54. The Hall–Kier alpha value is -1.90. The highest BCUT2D eigenvalue weighted by Gasteiger charge is 2.29. The highest BCUT2D eigenvalue weighted by molar-refractivity contribution is 7.91. The summed E-state index contributed by atoms with van der Waals surface area (Å²) in [6.07, 6.45) is 2.57. The third kappa shape index (κ3) is 4.78. The molecule has 0 saturated heterocycles. The molecule has 1 aliphatic carbocycles. The van der Waals surface area contributed by atoms with E-state index in [0.29, 0.717) is 30.6 Å². The lowest BCUT2D eigenvalue weighted by molar-refractivity contribution is -0.119. The first kappa shape index (κ1) is 17.5. The minimum absolute atomic E-state index is 0.0244. The summed E-state index contributed by atoms with van der Waals surface area (Å²) >= 11 is 0. The number of sulfone groups is 1. The average molecular weight is 343 g/mol. The molecule has 1 atom stereocenters. The Morgan fingerprint density at radius 2 is 2.09 bits per heavy atom. The summed E-state index contributed by atoms with van der Waals surface area (Å²) in [6.45, 7) is 3.69. The molecular weight excluding hydrogens is 322 g/mol. The second-order valence-electron chi connectivity index (χ2n) is 6.14. The first-order chi connectivity index (χ1) is 10.7. The fourth-order valence-corrected chi connectivity index (χ4v) is 3.10. The van der Waals surface area contributed by atoms with Crippen molar-refractivity contribution in [2.45, 2.75) is 45.2 Å². The zero-order valence-corrected chi connectivity index (χ0v) is 14.2. The molecule has 0 fully saturated rings. The highest BCUT2D eigenvalue weighted by atomic mass is 32.2. The number of rotatable bonds is 5. The molecule has 0 spiro atoms. The van der Waals surface area contributed by atoms with E-state index in [9.17, 15) is 18.0 Å². The van der Waals surface area contributed by atoms with Gasteiger partial charge in [0.1, 0.15) is 11.5 Å². The number of carbonyl (C=O) groups excluding carboxylic acids is 2. The van der Waals surface area contributed by atoms with Crippen LogP contribution in [0.3, 0.4) is 0 Å². The number of fused-ring (bicyclic) bond motifs is 1. The number of carbonyl (C=O) groups is 2. The number of hydrogen-bond donors (Lipinski definition) is 2. The van der Waals surface area contributed by atoms with Gasteiger partial charge in [0.05, 0.1) is 0 Å². The molecule has 0 bridgehead atoms. The third-order valence-corrected chi connectivity index (χ3v) is 4.22. The average Bonchev–Trinajstić information content (AvgIpc) is 2.78. The number of aromatic nitrogens is 1. The van der Waals surface area contributed by atoms with Crippen molar-refractivity contribution in [1.82, 2.24) is 15.8 Å². The zero-order valence-electron chi connectivity index (χ0n) is 13.4. The molecule has 23 heavy (non-hydrogen) atoms. The van der Waals surface area contributed by atoms with E-state index in [1.807, 2.05) is 13.8 Å². The van der Waals surface area contributed by atoms with Crippen LogP contribution in [0.1, 0.15) is 42.1 Å². The summed E-state index contributed by atoms with van der Waals surface area (Å²) in [5.74, 6) is -0.744. The largest absolute Gasteiger partial charge is 0.360 e. The molecule has 2 N–H and O–H groups in total. The van der Waals surface area contributed by atoms with Gasteiger partial charge in [0.25, 0.3) is 5.91 Å². The normalized spacial score (nSPS) is 17.7. The van der Waals surface area contributed by atoms with Crippen molar-refractivity contribution in [3.8, 4) is 0 Å². The molecule has 1 heterocycles. The molecule has 1 aliphatic rings. The molecule has 0 aromatic carbocycles. The topological polar surface area (TPSA) is 118 Å². The van der Waals surface area contributed by atoms with Gasteiger partial charge >= 0.3 is 0 Å². The predicted octanol–water partition coefficient (Wildman–Crippen LogP) is -0.169. The standard InChI is InChI=1S/C14H21N3O5S/c1-8(2)15-14(19)13-10-6-9(4-5-11(10)22-17-13)16-12(18)7-23(3,20)21/h8-9H,4-7H2,1-3H3,(H,15,19)(H,16,18). The van der Waals surface area contributed by atoms with Crippen LogP contribution in [-0.4, -0.2) is 49.5 Å². The van der Waals surface area contributed by atoms with Crippen LogP contribution >= 0.6 is 0 Å². The van der Waals surface area contributed by atoms with Gasteiger partial charge in [0.2, 0.25) is 5.91 Å². The SMILES string of the molecule is CC(C)NC(=O)c1noc2c1CC(NC(=O)CS(C)(=O)=O)CC2. The van der Waals surface area contributed by atoms with E-state index in [1.165, 1.54) is 0 Å². The second kappa shape index (κ2) is 6.69. The van der Waals surface area contributed by atoms with Crippen LogP contribution in [-0.2, 0) is 27.5 Å². The first-order valence-electron chi connectivity index (χ1n) is 7.41. The van der Waals surface area contributed by atoms with E-state index >= 15 is 0 Å². The van der Waals surface area contributed by atoms with E-state index < -0.39 is 21.5 Å². The summed E-state index contributed by atoms with van der Waals surface area (Å²) in [5.41, 5.74) is 0.912. The van der Waals surface area contributed by atoms with Gasteiger partial charge in [-0.2, -0.15) is 0 Å². The smallest absolute Gasteiger partial charge is 0.273 e. The summed E-state index contributed by atoms with van der Waals surface area (Å²) in [6, 6.07) is -0.259. The number of amides is 2. The van der Waals surface area contributed by atoms with E-state index in [4.69, 9.17) is 4.52 Å². The molecule has 0 radical (unpaired) electrons. The molecule has 9 heteroatoms. The lowest BCUT2D eigenvalue weighted by atomic mass is 9.92. The van der Waals surface area contributed by atoms with Crippen molar-refractivity contribution in [1.29, 1.82) is 0 Å². The van der Waals surface area contributed by atoms with Crippen LogP contribution in [0, 0.1) is 0 Å². The molecule has 1 aromatic rings. The predicted molar refractivity (Wildman–Crippen MR) is 82.8 cm³/mol. The lowest BCUT2D eigenvalue weighted by Crippen LogP contribution is -2.41. The summed E-state index contributed by atoms with van der Waals surface area (Å²) in [4.78, 5) is 23.8. The minimum atomic E-state index is -3.37. The van der Waals surface area contributed by atoms with Gasteiger partial charge in [-0.05, 0) is 26.7 Å². The monoisotopic (exact) mass is 343 g/mol. The van der Waals surface area contributed by atoms with Crippen LogP contribution in [0.2, 0.25) is 0 Å². The van der Waals surface area contributed by atoms with Crippen molar-refractivity contribution >= 4 is 21.7 Å². The molecule has 1 aromatic heterocycles. The van der Waals surface area contributed by atoms with E-state index in [-0.39, 0.29) is 23.7 Å². The Labute approximate surface area is 134 Å². The Kier molecular flexibility index (Phi) is 5.08. The first-order valence-corrected chi connectivity index (χ1v) is 9.47. The second-order valence-corrected chi connectivity index (χ2v) is 8.28. The Morgan fingerprint density at radius 1 is 1.39 bits per heavy atom. The molecule has 2 rings (SSSR count). The molecule has 128 valence electrons. The van der Waals surface area contributed by atoms with Gasteiger partial charge in [-0.25, -0.2) is 8.42 Å². The number of hydrogen-bond acceptors (Lipinski definition) is 6. The zero-order chi connectivity index (χ0) is 17.2. The molecule has 2 amide bonds. The van der Waals surface area contributed by atoms with Crippen LogP contribution in [0.5, 0.6) is 0 Å². The van der Waals surface area contributed by atoms with Gasteiger partial charge < -0.3 is 15.2 Å². The van der Waals surface area contributed by atoms with E-state index in [1.54, 1.807) is 0 Å². The maximum Gasteiger partial charge on any atom is 0.273 e. The highest BCUT2D eigenvalue weighted by Crippen LogP contribution is 2.24. The van der Waals surface area contributed by atoms with Crippen molar-refractivity contribution in [2.75, 3.05) is 12.0 Å². The maximum absolute atomic E-state index is 12.1. The van der Waals surface area contributed by atoms with Crippen LogP contribution in [0.15, 0.2) is 4.52 Å². The van der Waals surface area contributed by atoms with Gasteiger partial charge in [0, 0.05) is 30.3 Å². The van der Waals surface area contributed by atoms with Gasteiger partial charge in [-0.1, -0.05) is 5.16 Å². The van der Waals surface area contributed by atoms with Gasteiger partial charge in [0.15, 0.2) is 15.5 Å². The van der Waals surface area contributed by atoms with Gasteiger partial charge in [-0.3, -0.25) is 9.59 Å². The van der Waals surface area contributed by atoms with Crippen molar-refractivity contribution < 1.29 is 22.5 Å². The summed E-state index contributed by atoms with van der Waals surface area (Å²) in [5, 5.41) is 9.28. The Bertz CT molecular complexity index is 708. The van der Waals surface area contributed by atoms with Crippen LogP contribution in [0.25, 0.3) is 0 Å². The van der Waals surface area contributed by atoms with Gasteiger partial charge in [-0.15, -0.1) is 0 Å². The summed E-state index contributed by atoms with van der Waals surface area (Å²) < 4.78 is 27.5. The van der Waals surface area contributed by atoms with Crippen LogP contribution < -0.4 is 10.6 Å². The quantitative estimate of drug-likeness (QED) is 0.766. The van der Waals surface area contributed by atoms with Crippen molar-refractivity contribution in [3.63, 3.8) is 0 Å². The maximum atomic E-state index is 12.1. The Morgan fingerprint density at radius 3 is 2.70 bits per heavy atom. The number of aryl methyl sites for hydroxylation is 1. The molecule has 1 unspecified atom stereocenters. The van der Waals surface area contributed by atoms with Crippen LogP contribution in [0.4, 0.5) is 0 Å². The third-order valence-electron chi connectivity index (χ3n) is 3.43. The lowest BCUT2D eigenvalue weighted by Gasteiger charge is -2.22. The molecule has 0 aliphatic heterocycles. The Balaban J connectivity index is 2.06. The summed E-state index contributed by atoms with van der Waals surface area (Å²) in [7, 11) is -3.37. The molecule has 8 nitrogen and oxygen atoms in total. The van der Waals surface area contributed by atoms with E-state index in [0.717, 1.165) is 6.26 Å². The van der Waals surface area contributed by atoms with Crippen molar-refractivity contribution in [2.24, 2.45) is 0 Å². The minimum Gasteiger partial charge on any atom is -0.360 e. The number of nitrogens with one attached hydrogen (secondary N) is 2. The van der Waals surface area contributed by atoms with E-state index in [2.05, 4.69) is 15.8 Å². The van der Waals surface area contributed by atoms with Crippen molar-refractivity contribution in [3.05, 3.63) is 17.0 Å². The molecular formula is C14H21N3O5S. The number of nitrogens with zero attached hydrogens (tertiary/aromatic N) is 1. The molecule has 0 saturated carbocycles.